The molecule has 0 heterocycles. The molecule has 1 aromatic carbocycles. The molecule has 0 atom stereocenters. The third-order valence-electron chi connectivity index (χ3n) is 2.46. The van der Waals surface area contributed by atoms with Crippen LogP contribution in [0.3, 0.4) is 0 Å². The van der Waals surface area contributed by atoms with E-state index in [2.05, 4.69) is 27.6 Å². The molecule has 7 heteroatoms. The molecule has 1 aromatic rings. The highest BCUT2D eigenvalue weighted by Gasteiger charge is 2.14. The summed E-state index contributed by atoms with van der Waals surface area (Å²) < 4.78 is 32.3. The minimum atomic E-state index is -3.52. The molecule has 0 bridgehead atoms. The number of halogens is 1. The largest absolute Gasteiger partial charge is 0.398 e. The SMILES string of the molecule is CCCCOCCNS(=O)(=O)c1ccc(Br)c(N)c1. The molecule has 0 spiro atoms. The van der Waals surface area contributed by atoms with Gasteiger partial charge in [0.1, 0.15) is 0 Å². The van der Waals surface area contributed by atoms with Crippen molar-refractivity contribution in [2.75, 3.05) is 25.5 Å². The molecule has 0 amide bonds. The van der Waals surface area contributed by atoms with Gasteiger partial charge in [-0.3, -0.25) is 0 Å². The maximum atomic E-state index is 11.9. The minimum absolute atomic E-state index is 0.154. The summed E-state index contributed by atoms with van der Waals surface area (Å²) in [7, 11) is -3.52. The molecule has 0 fully saturated rings. The lowest BCUT2D eigenvalue weighted by molar-refractivity contribution is 0.136. The van der Waals surface area contributed by atoms with Crippen LogP contribution in [0.5, 0.6) is 0 Å². The fraction of sp³-hybridized carbons (Fsp3) is 0.500. The fourth-order valence-electron chi connectivity index (χ4n) is 1.37. The predicted octanol–water partition coefficient (Wildman–Crippen LogP) is 2.13. The minimum Gasteiger partial charge on any atom is -0.398 e. The quantitative estimate of drug-likeness (QED) is 0.555. The van der Waals surface area contributed by atoms with Gasteiger partial charge in [0.2, 0.25) is 10.0 Å². The Bertz CT molecular complexity index is 506. The smallest absolute Gasteiger partial charge is 0.240 e. The van der Waals surface area contributed by atoms with Gasteiger partial charge in [0.05, 0.1) is 11.5 Å². The van der Waals surface area contributed by atoms with E-state index in [0.717, 1.165) is 12.8 Å². The number of nitrogens with one attached hydrogen (secondary N) is 1. The Morgan fingerprint density at radius 3 is 2.74 bits per heavy atom. The van der Waals surface area contributed by atoms with E-state index in [1.165, 1.54) is 12.1 Å². The second kappa shape index (κ2) is 7.84. The zero-order valence-corrected chi connectivity index (χ0v) is 13.3. The summed E-state index contributed by atoms with van der Waals surface area (Å²) in [5.74, 6) is 0. The Hall–Kier alpha value is -0.630. The Balaban J connectivity index is 2.49. The van der Waals surface area contributed by atoms with Crippen LogP contribution < -0.4 is 10.5 Å². The van der Waals surface area contributed by atoms with E-state index in [4.69, 9.17) is 10.5 Å². The molecule has 0 aliphatic heterocycles. The van der Waals surface area contributed by atoms with Crippen molar-refractivity contribution in [3.8, 4) is 0 Å². The molecule has 1 rings (SSSR count). The molecule has 108 valence electrons. The number of ether oxygens (including phenoxy) is 1. The van der Waals surface area contributed by atoms with Gasteiger partial charge < -0.3 is 10.5 Å². The van der Waals surface area contributed by atoms with Crippen molar-refractivity contribution in [2.24, 2.45) is 0 Å². The van der Waals surface area contributed by atoms with Gasteiger partial charge >= 0.3 is 0 Å². The number of hydrogen-bond donors (Lipinski definition) is 2. The number of unbranched alkanes of at least 4 members (excludes halogenated alkanes) is 1. The van der Waals surface area contributed by atoms with Crippen LogP contribution in [-0.2, 0) is 14.8 Å². The third kappa shape index (κ3) is 5.48. The first-order valence-corrected chi connectivity index (χ1v) is 8.37. The Kier molecular flexibility index (Phi) is 6.78. The first-order valence-electron chi connectivity index (χ1n) is 6.10. The molecule has 0 saturated heterocycles. The van der Waals surface area contributed by atoms with E-state index in [1.807, 2.05) is 0 Å². The van der Waals surface area contributed by atoms with Crippen molar-refractivity contribution in [3.63, 3.8) is 0 Å². The van der Waals surface area contributed by atoms with E-state index >= 15 is 0 Å². The predicted molar refractivity (Wildman–Crippen MR) is 79.5 cm³/mol. The average molecular weight is 351 g/mol. The van der Waals surface area contributed by atoms with Crippen molar-refractivity contribution in [1.82, 2.24) is 4.72 Å². The summed E-state index contributed by atoms with van der Waals surface area (Å²) in [6.07, 6.45) is 2.04. The Morgan fingerprint density at radius 1 is 1.37 bits per heavy atom. The zero-order valence-electron chi connectivity index (χ0n) is 10.9. The highest BCUT2D eigenvalue weighted by molar-refractivity contribution is 9.10. The lowest BCUT2D eigenvalue weighted by atomic mass is 10.3. The van der Waals surface area contributed by atoms with E-state index in [1.54, 1.807) is 6.07 Å². The van der Waals surface area contributed by atoms with E-state index in [9.17, 15) is 8.42 Å². The van der Waals surface area contributed by atoms with Gasteiger partial charge in [-0.05, 0) is 40.5 Å². The lowest BCUT2D eigenvalue weighted by Crippen LogP contribution is -2.27. The van der Waals surface area contributed by atoms with E-state index in [-0.39, 0.29) is 11.4 Å². The molecule has 0 radical (unpaired) electrons. The molecule has 5 nitrogen and oxygen atoms in total. The van der Waals surface area contributed by atoms with Gasteiger partial charge in [-0.1, -0.05) is 13.3 Å². The van der Waals surface area contributed by atoms with Crippen LogP contribution in [0.4, 0.5) is 5.69 Å². The number of anilines is 1. The summed E-state index contributed by atoms with van der Waals surface area (Å²) in [5.41, 5.74) is 6.05. The standard InChI is InChI=1S/C12H19BrN2O3S/c1-2-3-7-18-8-6-15-19(16,17)10-4-5-11(13)12(14)9-10/h4-5,9,15H,2-3,6-8,14H2,1H3. The Morgan fingerprint density at radius 2 is 2.11 bits per heavy atom. The molecule has 19 heavy (non-hydrogen) atoms. The fourth-order valence-corrected chi connectivity index (χ4v) is 2.66. The van der Waals surface area contributed by atoms with E-state index in [0.29, 0.717) is 23.4 Å². The maximum absolute atomic E-state index is 11.9. The average Bonchev–Trinajstić information content (AvgIpc) is 2.36. The van der Waals surface area contributed by atoms with Crippen LogP contribution in [-0.4, -0.2) is 28.2 Å². The summed E-state index contributed by atoms with van der Waals surface area (Å²) in [5, 5.41) is 0. The molecule has 0 aliphatic carbocycles. The number of rotatable bonds is 8. The topological polar surface area (TPSA) is 81.4 Å². The molecular weight excluding hydrogens is 332 g/mol. The van der Waals surface area contributed by atoms with Gasteiger partial charge in [0.15, 0.2) is 0 Å². The second-order valence-electron chi connectivity index (χ2n) is 4.05. The first-order chi connectivity index (χ1) is 8.97. The highest BCUT2D eigenvalue weighted by Crippen LogP contribution is 2.22. The maximum Gasteiger partial charge on any atom is 0.240 e. The van der Waals surface area contributed by atoms with Crippen LogP contribution in [0.1, 0.15) is 19.8 Å². The first kappa shape index (κ1) is 16.4. The summed E-state index contributed by atoms with van der Waals surface area (Å²) in [6, 6.07) is 4.53. The van der Waals surface area contributed by atoms with Gasteiger partial charge in [-0.25, -0.2) is 13.1 Å². The molecule has 0 saturated carbocycles. The highest BCUT2D eigenvalue weighted by atomic mass is 79.9. The van der Waals surface area contributed by atoms with Crippen molar-refractivity contribution in [2.45, 2.75) is 24.7 Å². The summed E-state index contributed by atoms with van der Waals surface area (Å²) >= 11 is 3.22. The molecule has 3 N–H and O–H groups in total. The van der Waals surface area contributed by atoms with Crippen molar-refractivity contribution in [3.05, 3.63) is 22.7 Å². The summed E-state index contributed by atoms with van der Waals surface area (Å²) in [6.45, 7) is 3.35. The monoisotopic (exact) mass is 350 g/mol. The molecule has 0 unspecified atom stereocenters. The van der Waals surface area contributed by atoms with Gasteiger partial charge in [-0.15, -0.1) is 0 Å². The molecule has 0 aromatic heterocycles. The lowest BCUT2D eigenvalue weighted by Gasteiger charge is -2.08. The number of sulfonamides is 1. The van der Waals surface area contributed by atoms with E-state index < -0.39 is 10.0 Å². The van der Waals surface area contributed by atoms with Gasteiger partial charge in [0.25, 0.3) is 0 Å². The van der Waals surface area contributed by atoms with Crippen LogP contribution in [0.15, 0.2) is 27.6 Å². The number of hydrogen-bond acceptors (Lipinski definition) is 4. The van der Waals surface area contributed by atoms with Crippen molar-refractivity contribution in [1.29, 1.82) is 0 Å². The molecule has 0 aliphatic rings. The van der Waals surface area contributed by atoms with Crippen molar-refractivity contribution < 1.29 is 13.2 Å². The van der Waals surface area contributed by atoms with Crippen LogP contribution in [0, 0.1) is 0 Å². The molecular formula is C12H19BrN2O3S. The second-order valence-corrected chi connectivity index (χ2v) is 6.67. The third-order valence-corrected chi connectivity index (χ3v) is 4.64. The number of nitrogen functional groups attached to an aromatic ring is 1. The summed E-state index contributed by atoms with van der Waals surface area (Å²) in [4.78, 5) is 0.154. The van der Waals surface area contributed by atoms with Crippen LogP contribution in [0.2, 0.25) is 0 Å². The zero-order chi connectivity index (χ0) is 14.3. The van der Waals surface area contributed by atoms with Crippen LogP contribution >= 0.6 is 15.9 Å². The van der Waals surface area contributed by atoms with Gasteiger partial charge in [0, 0.05) is 23.3 Å². The van der Waals surface area contributed by atoms with Gasteiger partial charge in [-0.2, -0.15) is 0 Å². The normalized spacial score (nSPS) is 11.7. The van der Waals surface area contributed by atoms with Crippen LogP contribution in [0.25, 0.3) is 0 Å². The Labute approximate surface area is 122 Å². The van der Waals surface area contributed by atoms with Crippen molar-refractivity contribution >= 4 is 31.6 Å². The number of nitrogens with two attached hydrogens (primary N) is 1. The number of benzene rings is 1.